The minimum Gasteiger partial charge on any atom is -0.393 e. The van der Waals surface area contributed by atoms with Crippen molar-refractivity contribution in [2.45, 2.75) is 12.0 Å². The fraction of sp³-hybridized carbons (Fsp3) is 0.125. The summed E-state index contributed by atoms with van der Waals surface area (Å²) in [6.45, 7) is -0.488. The van der Waals surface area contributed by atoms with Crippen LogP contribution in [0.4, 0.5) is 8.78 Å². The van der Waals surface area contributed by atoms with Gasteiger partial charge in [-0.1, -0.05) is 36.4 Å². The number of H-pyrrole nitrogens is 1. The number of aromatic nitrogens is 2. The number of carbonyl (C=O) groups excluding carboxylic acids is 2. The Hall–Kier alpha value is -3.75. The first-order valence-electron chi connectivity index (χ1n) is 9.75. The van der Waals surface area contributed by atoms with E-state index in [4.69, 9.17) is 5.11 Å². The molecule has 0 bridgehead atoms. The Kier molecular flexibility index (Phi) is 5.89. The normalized spacial score (nSPS) is 13.1. The number of nitrogens with zero attached hydrogens (tertiary/aromatic N) is 1. The van der Waals surface area contributed by atoms with Crippen LogP contribution in [0.2, 0.25) is 0 Å². The van der Waals surface area contributed by atoms with Gasteiger partial charge in [-0.2, -0.15) is 0 Å². The van der Waals surface area contributed by atoms with Crippen molar-refractivity contribution < 1.29 is 28.6 Å². The molecular weight excluding hydrogens is 418 g/mol. The Morgan fingerprint density at radius 2 is 1.53 bits per heavy atom. The Morgan fingerprint density at radius 3 is 2.16 bits per heavy atom. The molecule has 6 nitrogen and oxygen atoms in total. The average molecular weight is 436 g/mol. The predicted molar refractivity (Wildman–Crippen MR) is 112 cm³/mol. The zero-order chi connectivity index (χ0) is 22.8. The van der Waals surface area contributed by atoms with Crippen LogP contribution in [-0.2, 0) is 0 Å². The van der Waals surface area contributed by atoms with Crippen LogP contribution in [0.25, 0.3) is 11.0 Å². The summed E-state index contributed by atoms with van der Waals surface area (Å²) >= 11 is 0. The maximum atomic E-state index is 13.8. The molecule has 1 aromatic heterocycles. The van der Waals surface area contributed by atoms with E-state index in [1.54, 1.807) is 24.3 Å². The number of rotatable bonds is 7. The highest BCUT2D eigenvalue weighted by molar-refractivity contribution is 6.19. The van der Waals surface area contributed by atoms with Crippen molar-refractivity contribution in [2.24, 2.45) is 0 Å². The van der Waals surface area contributed by atoms with Crippen molar-refractivity contribution in [3.05, 3.63) is 101 Å². The number of para-hydroxylation sites is 2. The molecule has 0 saturated carbocycles. The quantitative estimate of drug-likeness (QED) is 0.303. The lowest BCUT2D eigenvalue weighted by Gasteiger charge is -2.14. The molecule has 4 rings (SSSR count). The van der Waals surface area contributed by atoms with Crippen molar-refractivity contribution in [3.8, 4) is 0 Å². The summed E-state index contributed by atoms with van der Waals surface area (Å²) in [5.41, 5.74) is 1.35. The van der Waals surface area contributed by atoms with E-state index >= 15 is 0 Å². The lowest BCUT2D eigenvalue weighted by Crippen LogP contribution is -2.24. The van der Waals surface area contributed by atoms with Gasteiger partial charge in [0, 0.05) is 17.2 Å². The first-order chi connectivity index (χ1) is 15.4. The average Bonchev–Trinajstić information content (AvgIpc) is 3.21. The molecule has 1 heterocycles. The third-order valence-corrected chi connectivity index (χ3v) is 5.11. The summed E-state index contributed by atoms with van der Waals surface area (Å²) in [4.78, 5) is 34.0. The molecule has 3 N–H and O–H groups in total. The largest absolute Gasteiger partial charge is 0.393 e. The number of imidazole rings is 1. The summed E-state index contributed by atoms with van der Waals surface area (Å²) in [6, 6.07) is 15.0. The van der Waals surface area contributed by atoms with Crippen molar-refractivity contribution in [2.75, 3.05) is 6.61 Å². The number of hydrogen-bond donors (Lipinski definition) is 3. The number of ketones is 2. The van der Waals surface area contributed by atoms with E-state index in [1.807, 2.05) is 0 Å². The lowest BCUT2D eigenvalue weighted by atomic mass is 9.88. The molecule has 0 amide bonds. The van der Waals surface area contributed by atoms with Crippen LogP contribution >= 0.6 is 0 Å². The number of nitrogens with one attached hydrogen (secondary N) is 1. The van der Waals surface area contributed by atoms with Gasteiger partial charge in [-0.25, -0.2) is 13.8 Å². The van der Waals surface area contributed by atoms with Gasteiger partial charge in [0.15, 0.2) is 11.6 Å². The highest BCUT2D eigenvalue weighted by Gasteiger charge is 2.33. The Morgan fingerprint density at radius 1 is 0.906 bits per heavy atom. The summed E-state index contributed by atoms with van der Waals surface area (Å²) in [7, 11) is 0. The molecule has 2 atom stereocenters. The molecule has 8 heteroatoms. The van der Waals surface area contributed by atoms with Crippen molar-refractivity contribution in [1.82, 2.24) is 9.97 Å². The maximum Gasteiger partial charge on any atom is 0.181 e. The summed E-state index contributed by atoms with van der Waals surface area (Å²) in [6.07, 6.45) is -1.11. The van der Waals surface area contributed by atoms with Gasteiger partial charge in [0.2, 0.25) is 0 Å². The van der Waals surface area contributed by atoms with Crippen molar-refractivity contribution >= 4 is 22.6 Å². The van der Waals surface area contributed by atoms with Gasteiger partial charge in [-0.15, -0.1) is 0 Å². The molecule has 3 aromatic carbocycles. The van der Waals surface area contributed by atoms with Crippen LogP contribution < -0.4 is 0 Å². The molecular formula is C24H18F2N2O4. The Labute approximate surface area is 181 Å². The maximum absolute atomic E-state index is 13.8. The molecule has 2 unspecified atom stereocenters. The zero-order valence-electron chi connectivity index (χ0n) is 16.6. The molecule has 0 aliphatic heterocycles. The van der Waals surface area contributed by atoms with Crippen LogP contribution in [0.5, 0.6) is 0 Å². The van der Waals surface area contributed by atoms with Gasteiger partial charge < -0.3 is 15.2 Å². The van der Waals surface area contributed by atoms with E-state index in [9.17, 15) is 23.5 Å². The van der Waals surface area contributed by atoms with Crippen LogP contribution in [0.3, 0.4) is 0 Å². The monoisotopic (exact) mass is 436 g/mol. The second kappa shape index (κ2) is 8.78. The van der Waals surface area contributed by atoms with Crippen LogP contribution in [0.1, 0.15) is 44.1 Å². The number of carbonyl (C=O) groups is 2. The second-order valence-corrected chi connectivity index (χ2v) is 7.28. The number of hydrogen-bond acceptors (Lipinski definition) is 5. The molecule has 32 heavy (non-hydrogen) atoms. The SMILES string of the molecule is O=C(c1ccc(C(O)CO)cc1)C(C(=O)c1cc(F)cc(F)c1)c1nc2ccccc2[nH]1. The van der Waals surface area contributed by atoms with Crippen LogP contribution in [0.15, 0.2) is 66.7 Å². The third kappa shape index (κ3) is 4.18. The number of Topliss-reactive ketones (excluding diaryl/α,β-unsaturated/α-hetero) is 2. The van der Waals surface area contributed by atoms with E-state index in [0.717, 1.165) is 12.1 Å². The summed E-state index contributed by atoms with van der Waals surface area (Å²) in [5.74, 6) is -4.75. The fourth-order valence-electron chi connectivity index (χ4n) is 3.48. The minimum absolute atomic E-state index is 0.0466. The van der Waals surface area contributed by atoms with E-state index in [1.165, 1.54) is 24.3 Å². The first-order valence-corrected chi connectivity index (χ1v) is 9.75. The number of aliphatic hydroxyl groups is 2. The van der Waals surface area contributed by atoms with Gasteiger partial charge in [0.25, 0.3) is 0 Å². The standard InChI is InChI=1S/C24H18F2N2O4/c25-16-9-15(10-17(26)11-16)23(32)21(24-27-18-3-1-2-4-19(18)28-24)22(31)14-7-5-13(6-8-14)20(30)12-29/h1-11,20-21,29-30H,12H2,(H,27,28). The predicted octanol–water partition coefficient (Wildman–Crippen LogP) is 3.72. The number of fused-ring (bicyclic) bond motifs is 1. The Bertz CT molecular complexity index is 1250. The number of aromatic amines is 1. The molecule has 0 aliphatic carbocycles. The van der Waals surface area contributed by atoms with Gasteiger partial charge >= 0.3 is 0 Å². The van der Waals surface area contributed by atoms with E-state index in [-0.39, 0.29) is 17.0 Å². The molecule has 0 fully saturated rings. The summed E-state index contributed by atoms with van der Waals surface area (Å²) < 4.78 is 27.5. The molecule has 162 valence electrons. The summed E-state index contributed by atoms with van der Waals surface area (Å²) in [5, 5.41) is 18.8. The molecule has 0 radical (unpaired) electrons. The second-order valence-electron chi connectivity index (χ2n) is 7.28. The van der Waals surface area contributed by atoms with Crippen molar-refractivity contribution in [1.29, 1.82) is 0 Å². The third-order valence-electron chi connectivity index (χ3n) is 5.11. The van der Waals surface area contributed by atoms with E-state index < -0.39 is 41.8 Å². The number of aliphatic hydroxyl groups excluding tert-OH is 2. The molecule has 4 aromatic rings. The van der Waals surface area contributed by atoms with Gasteiger partial charge in [0.1, 0.15) is 29.5 Å². The Balaban J connectivity index is 1.79. The van der Waals surface area contributed by atoms with Gasteiger partial charge in [0.05, 0.1) is 17.6 Å². The number of benzene rings is 3. The molecule has 0 spiro atoms. The van der Waals surface area contributed by atoms with Crippen molar-refractivity contribution in [3.63, 3.8) is 0 Å². The lowest BCUT2D eigenvalue weighted by molar-refractivity contribution is 0.0854. The van der Waals surface area contributed by atoms with Crippen LogP contribution in [-0.4, -0.2) is 38.4 Å². The minimum atomic E-state index is -1.47. The fourth-order valence-corrected chi connectivity index (χ4v) is 3.48. The first kappa shape index (κ1) is 21.5. The smallest absolute Gasteiger partial charge is 0.181 e. The van der Waals surface area contributed by atoms with E-state index in [0.29, 0.717) is 22.7 Å². The van der Waals surface area contributed by atoms with Gasteiger partial charge in [-0.05, 0) is 29.8 Å². The molecule has 0 aliphatic rings. The highest BCUT2D eigenvalue weighted by atomic mass is 19.1. The van der Waals surface area contributed by atoms with Gasteiger partial charge in [-0.3, -0.25) is 9.59 Å². The number of halogens is 2. The molecule has 0 saturated heterocycles. The topological polar surface area (TPSA) is 103 Å². The zero-order valence-corrected chi connectivity index (χ0v) is 16.6. The highest BCUT2D eigenvalue weighted by Crippen LogP contribution is 2.27. The van der Waals surface area contributed by atoms with E-state index in [2.05, 4.69) is 9.97 Å². The van der Waals surface area contributed by atoms with Crippen LogP contribution in [0, 0.1) is 11.6 Å².